The molecule has 2 N–H and O–H groups in total. The molecule has 1 aliphatic rings. The average Bonchev–Trinajstić information content (AvgIpc) is 2.51. The number of hydrogen-bond acceptors (Lipinski definition) is 5. The number of hydrogen-bond donors (Lipinski definition) is 2. The van der Waals surface area contributed by atoms with Crippen molar-refractivity contribution >= 4 is 11.9 Å². The monoisotopic (exact) mass is 353 g/mol. The Labute approximate surface area is 140 Å². The van der Waals surface area contributed by atoms with Gasteiger partial charge in [0.1, 0.15) is 5.75 Å². The topological polar surface area (TPSA) is 84.3 Å². The molecule has 132 valence electrons. The van der Waals surface area contributed by atoms with E-state index in [-0.39, 0.29) is 17.3 Å². The quantitative estimate of drug-likeness (QED) is 0.855. The first kappa shape index (κ1) is 17.0. The SMILES string of the molecule is O=C(O)c1cnc(NC2(c3ccccc3OC(F)(F)F)CCC2)nc1. The number of halogens is 3. The van der Waals surface area contributed by atoms with Gasteiger partial charge in [0.15, 0.2) is 0 Å². The first-order valence-corrected chi connectivity index (χ1v) is 7.48. The third kappa shape index (κ3) is 3.65. The standard InChI is InChI=1S/C16H14F3N3O3/c17-16(18,19)25-12-5-2-1-4-11(12)15(6-3-7-15)22-14-20-8-10(9-21-14)13(23)24/h1-2,4-5,8-9H,3,6-7H2,(H,23,24)(H,20,21,22). The van der Waals surface area contributed by atoms with Crippen molar-refractivity contribution in [2.45, 2.75) is 31.2 Å². The third-order valence-electron chi connectivity index (χ3n) is 4.09. The molecule has 2 aromatic rings. The van der Waals surface area contributed by atoms with Crippen molar-refractivity contribution in [1.82, 2.24) is 9.97 Å². The van der Waals surface area contributed by atoms with Gasteiger partial charge in [0.25, 0.3) is 0 Å². The number of carbonyl (C=O) groups is 1. The zero-order valence-electron chi connectivity index (χ0n) is 12.9. The minimum absolute atomic E-state index is 0.0750. The fourth-order valence-corrected chi connectivity index (χ4v) is 2.78. The Hall–Kier alpha value is -2.84. The molecular formula is C16H14F3N3O3. The van der Waals surface area contributed by atoms with E-state index in [9.17, 15) is 18.0 Å². The normalized spacial score (nSPS) is 16.0. The van der Waals surface area contributed by atoms with Gasteiger partial charge in [-0.25, -0.2) is 14.8 Å². The van der Waals surface area contributed by atoms with Crippen LogP contribution in [0.1, 0.15) is 35.2 Å². The van der Waals surface area contributed by atoms with Crippen LogP contribution in [0.4, 0.5) is 19.1 Å². The van der Waals surface area contributed by atoms with Crippen LogP contribution < -0.4 is 10.1 Å². The number of aromatic carboxylic acids is 1. The molecule has 1 aromatic carbocycles. The molecule has 0 amide bonds. The summed E-state index contributed by atoms with van der Waals surface area (Å²) in [6.45, 7) is 0. The van der Waals surface area contributed by atoms with Crippen molar-refractivity contribution in [1.29, 1.82) is 0 Å². The van der Waals surface area contributed by atoms with E-state index in [1.807, 2.05) is 0 Å². The van der Waals surface area contributed by atoms with Crippen molar-refractivity contribution in [2.24, 2.45) is 0 Å². The molecule has 1 saturated carbocycles. The number of carboxylic acids is 1. The first-order chi connectivity index (χ1) is 11.8. The van der Waals surface area contributed by atoms with Gasteiger partial charge in [-0.1, -0.05) is 18.2 Å². The fourth-order valence-electron chi connectivity index (χ4n) is 2.78. The molecule has 25 heavy (non-hydrogen) atoms. The number of alkyl halides is 3. The number of nitrogens with zero attached hydrogens (tertiary/aromatic N) is 2. The maximum atomic E-state index is 12.7. The van der Waals surface area contributed by atoms with Gasteiger partial charge < -0.3 is 15.2 Å². The van der Waals surface area contributed by atoms with E-state index in [1.165, 1.54) is 12.1 Å². The van der Waals surface area contributed by atoms with E-state index >= 15 is 0 Å². The molecule has 1 heterocycles. The summed E-state index contributed by atoms with van der Waals surface area (Å²) in [6, 6.07) is 5.93. The summed E-state index contributed by atoms with van der Waals surface area (Å²) in [5, 5.41) is 11.9. The number of nitrogens with one attached hydrogen (secondary N) is 1. The summed E-state index contributed by atoms with van der Waals surface area (Å²) >= 11 is 0. The Morgan fingerprint density at radius 2 is 1.84 bits per heavy atom. The largest absolute Gasteiger partial charge is 0.573 e. The summed E-state index contributed by atoms with van der Waals surface area (Å²) in [7, 11) is 0. The van der Waals surface area contributed by atoms with Gasteiger partial charge in [0.05, 0.1) is 11.1 Å². The lowest BCUT2D eigenvalue weighted by Crippen LogP contribution is -2.43. The lowest BCUT2D eigenvalue weighted by Gasteiger charge is -2.43. The summed E-state index contributed by atoms with van der Waals surface area (Å²) in [5.74, 6) is -1.29. The van der Waals surface area contributed by atoms with Crippen molar-refractivity contribution in [3.63, 3.8) is 0 Å². The van der Waals surface area contributed by atoms with Gasteiger partial charge in [0, 0.05) is 18.0 Å². The van der Waals surface area contributed by atoms with Gasteiger partial charge in [0.2, 0.25) is 5.95 Å². The lowest BCUT2D eigenvalue weighted by atomic mass is 9.71. The fraction of sp³-hybridized carbons (Fsp3) is 0.312. The molecule has 3 rings (SSSR count). The van der Waals surface area contributed by atoms with Crippen molar-refractivity contribution in [2.75, 3.05) is 5.32 Å². The second kappa shape index (κ2) is 6.23. The zero-order chi connectivity index (χ0) is 18.1. The number of ether oxygens (including phenoxy) is 1. The summed E-state index contributed by atoms with van der Waals surface area (Å²) in [5.41, 5.74) is -0.495. The molecule has 1 fully saturated rings. The zero-order valence-corrected chi connectivity index (χ0v) is 12.9. The van der Waals surface area contributed by atoms with Crippen molar-refractivity contribution in [3.05, 3.63) is 47.8 Å². The van der Waals surface area contributed by atoms with Crippen LogP contribution in [0.15, 0.2) is 36.7 Å². The first-order valence-electron chi connectivity index (χ1n) is 7.48. The van der Waals surface area contributed by atoms with Gasteiger partial charge in [-0.2, -0.15) is 0 Å². The Morgan fingerprint density at radius 3 is 2.36 bits per heavy atom. The number of para-hydroxylation sites is 1. The highest BCUT2D eigenvalue weighted by atomic mass is 19.4. The van der Waals surface area contributed by atoms with E-state index in [4.69, 9.17) is 5.11 Å². The Morgan fingerprint density at radius 1 is 1.20 bits per heavy atom. The molecule has 1 aliphatic carbocycles. The maximum absolute atomic E-state index is 12.7. The molecule has 0 atom stereocenters. The number of benzene rings is 1. The Kier molecular flexibility index (Phi) is 4.23. The molecule has 0 saturated heterocycles. The second-order valence-electron chi connectivity index (χ2n) is 5.71. The van der Waals surface area contributed by atoms with E-state index in [0.29, 0.717) is 18.4 Å². The van der Waals surface area contributed by atoms with Crippen LogP contribution in [0.3, 0.4) is 0 Å². The molecule has 0 radical (unpaired) electrons. The van der Waals surface area contributed by atoms with Crippen molar-refractivity contribution in [3.8, 4) is 5.75 Å². The molecule has 0 unspecified atom stereocenters. The highest BCUT2D eigenvalue weighted by Gasteiger charge is 2.43. The summed E-state index contributed by atoms with van der Waals surface area (Å²) in [4.78, 5) is 18.7. The van der Waals surface area contributed by atoms with E-state index in [2.05, 4.69) is 20.0 Å². The van der Waals surface area contributed by atoms with Crippen LogP contribution in [0, 0.1) is 0 Å². The predicted octanol–water partition coefficient (Wildman–Crippen LogP) is 3.56. The van der Waals surface area contributed by atoms with Crippen LogP contribution in [0.2, 0.25) is 0 Å². The van der Waals surface area contributed by atoms with E-state index in [0.717, 1.165) is 18.8 Å². The Balaban J connectivity index is 1.90. The summed E-state index contributed by atoms with van der Waals surface area (Å²) < 4.78 is 42.1. The Bertz CT molecular complexity index is 774. The van der Waals surface area contributed by atoms with Crippen LogP contribution >= 0.6 is 0 Å². The van der Waals surface area contributed by atoms with Gasteiger partial charge in [-0.15, -0.1) is 13.2 Å². The minimum atomic E-state index is -4.79. The average molecular weight is 353 g/mol. The van der Waals surface area contributed by atoms with Crippen LogP contribution in [0.5, 0.6) is 5.75 Å². The molecule has 6 nitrogen and oxygen atoms in total. The van der Waals surface area contributed by atoms with Crippen LogP contribution in [-0.2, 0) is 5.54 Å². The van der Waals surface area contributed by atoms with Crippen LogP contribution in [-0.4, -0.2) is 27.4 Å². The van der Waals surface area contributed by atoms with Gasteiger partial charge in [-0.05, 0) is 25.3 Å². The van der Waals surface area contributed by atoms with Crippen molar-refractivity contribution < 1.29 is 27.8 Å². The molecular weight excluding hydrogens is 339 g/mol. The highest BCUT2D eigenvalue weighted by molar-refractivity contribution is 5.86. The lowest BCUT2D eigenvalue weighted by molar-refractivity contribution is -0.275. The molecule has 9 heteroatoms. The van der Waals surface area contributed by atoms with Crippen LogP contribution in [0.25, 0.3) is 0 Å². The van der Waals surface area contributed by atoms with E-state index in [1.54, 1.807) is 12.1 Å². The second-order valence-corrected chi connectivity index (χ2v) is 5.71. The smallest absolute Gasteiger partial charge is 0.478 e. The number of anilines is 1. The number of carboxylic acid groups (broad SMARTS) is 1. The number of rotatable bonds is 5. The third-order valence-corrected chi connectivity index (χ3v) is 4.09. The molecule has 0 bridgehead atoms. The maximum Gasteiger partial charge on any atom is 0.573 e. The molecule has 0 spiro atoms. The number of aromatic nitrogens is 2. The van der Waals surface area contributed by atoms with Gasteiger partial charge in [-0.3, -0.25) is 0 Å². The predicted molar refractivity (Wildman–Crippen MR) is 81.3 cm³/mol. The summed E-state index contributed by atoms with van der Waals surface area (Å²) in [6.07, 6.45) is -0.532. The molecule has 1 aromatic heterocycles. The van der Waals surface area contributed by atoms with E-state index < -0.39 is 17.9 Å². The minimum Gasteiger partial charge on any atom is -0.478 e. The molecule has 0 aliphatic heterocycles. The highest BCUT2D eigenvalue weighted by Crippen LogP contribution is 2.47. The van der Waals surface area contributed by atoms with Gasteiger partial charge >= 0.3 is 12.3 Å².